The standard InChI is InChI=1S/C14H28N2O2/c1-11(2)7-16-9-12(3)8-15(4)10-13(16)5-6-14(17)18/h11-13H,5-10H2,1-4H3,(H,17,18). The maximum atomic E-state index is 10.8. The summed E-state index contributed by atoms with van der Waals surface area (Å²) in [6.07, 6.45) is 1.04. The fraction of sp³-hybridized carbons (Fsp3) is 0.929. The Morgan fingerprint density at radius 3 is 2.56 bits per heavy atom. The molecule has 1 N–H and O–H groups in total. The van der Waals surface area contributed by atoms with E-state index in [1.54, 1.807) is 0 Å². The Balaban J connectivity index is 2.66. The summed E-state index contributed by atoms with van der Waals surface area (Å²) in [7, 11) is 2.14. The second-order valence-corrected chi connectivity index (χ2v) is 6.26. The Hall–Kier alpha value is -0.610. The van der Waals surface area contributed by atoms with Crippen LogP contribution in [0.25, 0.3) is 0 Å². The van der Waals surface area contributed by atoms with E-state index in [9.17, 15) is 4.79 Å². The van der Waals surface area contributed by atoms with Gasteiger partial charge < -0.3 is 10.0 Å². The summed E-state index contributed by atoms with van der Waals surface area (Å²) in [5.41, 5.74) is 0. The molecule has 4 nitrogen and oxygen atoms in total. The molecular weight excluding hydrogens is 228 g/mol. The zero-order valence-electron chi connectivity index (χ0n) is 12.2. The lowest BCUT2D eigenvalue weighted by Crippen LogP contribution is -2.42. The predicted octanol–water partition coefficient (Wildman–Crippen LogP) is 1.76. The van der Waals surface area contributed by atoms with E-state index < -0.39 is 5.97 Å². The molecule has 1 rings (SSSR count). The van der Waals surface area contributed by atoms with Crippen molar-refractivity contribution in [2.75, 3.05) is 33.2 Å². The normalized spacial score (nSPS) is 27.4. The number of carboxylic acid groups (broad SMARTS) is 1. The van der Waals surface area contributed by atoms with E-state index in [1.807, 2.05) is 0 Å². The molecule has 0 spiro atoms. The van der Waals surface area contributed by atoms with Crippen molar-refractivity contribution in [3.8, 4) is 0 Å². The van der Waals surface area contributed by atoms with Gasteiger partial charge in [-0.3, -0.25) is 9.69 Å². The Morgan fingerprint density at radius 2 is 2.00 bits per heavy atom. The summed E-state index contributed by atoms with van der Waals surface area (Å²) < 4.78 is 0. The van der Waals surface area contributed by atoms with Crippen LogP contribution in [0.15, 0.2) is 0 Å². The summed E-state index contributed by atoms with van der Waals surface area (Å²) in [4.78, 5) is 15.6. The van der Waals surface area contributed by atoms with Gasteiger partial charge in [-0.1, -0.05) is 20.8 Å². The molecule has 1 aliphatic heterocycles. The predicted molar refractivity (Wildman–Crippen MR) is 73.7 cm³/mol. The first kappa shape index (κ1) is 15.4. The summed E-state index contributed by atoms with van der Waals surface area (Å²) >= 11 is 0. The highest BCUT2D eigenvalue weighted by molar-refractivity contribution is 5.66. The molecular formula is C14H28N2O2. The number of carbonyl (C=O) groups is 1. The highest BCUT2D eigenvalue weighted by Gasteiger charge is 2.27. The first-order valence-electron chi connectivity index (χ1n) is 7.02. The van der Waals surface area contributed by atoms with Gasteiger partial charge in [0.1, 0.15) is 0 Å². The molecule has 1 fully saturated rings. The van der Waals surface area contributed by atoms with Crippen LogP contribution in [0.5, 0.6) is 0 Å². The summed E-state index contributed by atoms with van der Waals surface area (Å²) in [6.45, 7) is 11.0. The molecule has 4 heteroatoms. The van der Waals surface area contributed by atoms with Crippen LogP contribution >= 0.6 is 0 Å². The van der Waals surface area contributed by atoms with Crippen molar-refractivity contribution in [2.45, 2.75) is 39.7 Å². The lowest BCUT2D eigenvalue weighted by molar-refractivity contribution is -0.137. The van der Waals surface area contributed by atoms with Gasteiger partial charge in [0.15, 0.2) is 0 Å². The molecule has 0 aromatic rings. The average Bonchev–Trinajstić information content (AvgIpc) is 2.33. The first-order chi connectivity index (χ1) is 8.38. The van der Waals surface area contributed by atoms with E-state index >= 15 is 0 Å². The van der Waals surface area contributed by atoms with E-state index in [0.717, 1.165) is 32.6 Å². The van der Waals surface area contributed by atoms with Gasteiger partial charge in [-0.15, -0.1) is 0 Å². The third kappa shape index (κ3) is 5.36. The van der Waals surface area contributed by atoms with Gasteiger partial charge in [-0.2, -0.15) is 0 Å². The second kappa shape index (κ2) is 7.10. The molecule has 18 heavy (non-hydrogen) atoms. The van der Waals surface area contributed by atoms with Crippen LogP contribution in [0.3, 0.4) is 0 Å². The zero-order valence-corrected chi connectivity index (χ0v) is 12.2. The van der Waals surface area contributed by atoms with Crippen molar-refractivity contribution < 1.29 is 9.90 Å². The topological polar surface area (TPSA) is 43.8 Å². The van der Waals surface area contributed by atoms with Crippen molar-refractivity contribution in [1.29, 1.82) is 0 Å². The van der Waals surface area contributed by atoms with Crippen LogP contribution in [0.2, 0.25) is 0 Å². The SMILES string of the molecule is CC(C)CN1CC(C)CN(C)CC1CCC(=O)O. The van der Waals surface area contributed by atoms with E-state index in [1.165, 1.54) is 0 Å². The smallest absolute Gasteiger partial charge is 0.303 e. The number of hydrogen-bond donors (Lipinski definition) is 1. The third-order valence-corrected chi connectivity index (χ3v) is 3.50. The second-order valence-electron chi connectivity index (χ2n) is 6.26. The fourth-order valence-electron chi connectivity index (χ4n) is 2.95. The molecule has 1 saturated heterocycles. The van der Waals surface area contributed by atoms with E-state index in [4.69, 9.17) is 5.11 Å². The highest BCUT2D eigenvalue weighted by Crippen LogP contribution is 2.18. The van der Waals surface area contributed by atoms with Crippen LogP contribution in [0.4, 0.5) is 0 Å². The van der Waals surface area contributed by atoms with Crippen LogP contribution in [0.1, 0.15) is 33.6 Å². The van der Waals surface area contributed by atoms with Gasteiger partial charge >= 0.3 is 5.97 Å². The fourth-order valence-corrected chi connectivity index (χ4v) is 2.95. The number of carboxylic acids is 1. The minimum Gasteiger partial charge on any atom is -0.481 e. The van der Waals surface area contributed by atoms with E-state index in [0.29, 0.717) is 17.9 Å². The first-order valence-corrected chi connectivity index (χ1v) is 7.02. The van der Waals surface area contributed by atoms with Crippen molar-refractivity contribution in [3.05, 3.63) is 0 Å². The molecule has 0 aromatic carbocycles. The van der Waals surface area contributed by atoms with Crippen LogP contribution in [-0.2, 0) is 4.79 Å². The van der Waals surface area contributed by atoms with Crippen LogP contribution in [0, 0.1) is 11.8 Å². The minimum atomic E-state index is -0.681. The monoisotopic (exact) mass is 256 g/mol. The molecule has 2 atom stereocenters. The van der Waals surface area contributed by atoms with Gasteiger partial charge in [0.2, 0.25) is 0 Å². The molecule has 0 bridgehead atoms. The van der Waals surface area contributed by atoms with Crippen LogP contribution < -0.4 is 0 Å². The molecule has 106 valence electrons. The van der Waals surface area contributed by atoms with E-state index in [2.05, 4.69) is 37.6 Å². The largest absolute Gasteiger partial charge is 0.481 e. The maximum Gasteiger partial charge on any atom is 0.303 e. The Kier molecular flexibility index (Phi) is 6.09. The van der Waals surface area contributed by atoms with E-state index in [-0.39, 0.29) is 6.42 Å². The summed E-state index contributed by atoms with van der Waals surface area (Å²) in [5.74, 6) is 0.607. The number of rotatable bonds is 5. The molecule has 1 aliphatic rings. The van der Waals surface area contributed by atoms with Gasteiger partial charge in [0.25, 0.3) is 0 Å². The Bertz CT molecular complexity index is 269. The number of hydrogen-bond acceptors (Lipinski definition) is 3. The van der Waals surface area contributed by atoms with Gasteiger partial charge in [0, 0.05) is 38.6 Å². The van der Waals surface area contributed by atoms with Gasteiger partial charge in [-0.05, 0) is 25.3 Å². The molecule has 0 radical (unpaired) electrons. The maximum absolute atomic E-state index is 10.8. The number of likely N-dealkylation sites (N-methyl/N-ethyl adjacent to an activating group) is 1. The Labute approximate surface area is 111 Å². The molecule has 1 heterocycles. The minimum absolute atomic E-state index is 0.279. The molecule has 2 unspecified atom stereocenters. The summed E-state index contributed by atoms with van der Waals surface area (Å²) in [6, 6.07) is 0.387. The summed E-state index contributed by atoms with van der Waals surface area (Å²) in [5, 5.41) is 8.87. The lowest BCUT2D eigenvalue weighted by atomic mass is 10.1. The van der Waals surface area contributed by atoms with Crippen molar-refractivity contribution >= 4 is 5.97 Å². The van der Waals surface area contributed by atoms with Gasteiger partial charge in [-0.25, -0.2) is 0 Å². The quantitative estimate of drug-likeness (QED) is 0.814. The molecule has 0 aliphatic carbocycles. The number of aliphatic carboxylic acids is 1. The average molecular weight is 256 g/mol. The molecule has 0 amide bonds. The number of nitrogens with zero attached hydrogens (tertiary/aromatic N) is 2. The van der Waals surface area contributed by atoms with Crippen molar-refractivity contribution in [3.63, 3.8) is 0 Å². The lowest BCUT2D eigenvalue weighted by Gasteiger charge is -2.32. The highest BCUT2D eigenvalue weighted by atomic mass is 16.4. The Morgan fingerprint density at radius 1 is 1.33 bits per heavy atom. The molecule has 0 aromatic heterocycles. The zero-order chi connectivity index (χ0) is 13.7. The van der Waals surface area contributed by atoms with Crippen LogP contribution in [-0.4, -0.2) is 60.1 Å². The third-order valence-electron chi connectivity index (χ3n) is 3.50. The van der Waals surface area contributed by atoms with Crippen molar-refractivity contribution in [1.82, 2.24) is 9.80 Å². The van der Waals surface area contributed by atoms with Gasteiger partial charge in [0.05, 0.1) is 0 Å². The van der Waals surface area contributed by atoms with Crippen molar-refractivity contribution in [2.24, 2.45) is 11.8 Å². The molecule has 0 saturated carbocycles.